The Hall–Kier alpha value is -0.740. The number of sulfonamides is 1. The number of anilines is 1. The van der Waals surface area contributed by atoms with Gasteiger partial charge in [0.1, 0.15) is 0 Å². The predicted molar refractivity (Wildman–Crippen MR) is 70.7 cm³/mol. The summed E-state index contributed by atoms with van der Waals surface area (Å²) in [5, 5.41) is 1.98. The van der Waals surface area contributed by atoms with E-state index in [0.29, 0.717) is 18.8 Å². The van der Waals surface area contributed by atoms with Crippen molar-refractivity contribution in [2.75, 3.05) is 39.0 Å². The SMILES string of the molecule is Cc1nc(N)sc1S(=O)(=O)NN1CCN(C)CC1. The predicted octanol–water partition coefficient (Wildman–Crippen LogP) is -0.526. The first-order chi connectivity index (χ1) is 8.38. The smallest absolute Gasteiger partial charge is 0.264 e. The van der Waals surface area contributed by atoms with Crippen molar-refractivity contribution in [1.29, 1.82) is 0 Å². The highest BCUT2D eigenvalue weighted by atomic mass is 32.2. The molecule has 0 radical (unpaired) electrons. The summed E-state index contributed by atoms with van der Waals surface area (Å²) in [5.74, 6) is 0. The Labute approximate surface area is 111 Å². The van der Waals surface area contributed by atoms with Crippen LogP contribution in [0.1, 0.15) is 5.69 Å². The highest BCUT2D eigenvalue weighted by molar-refractivity contribution is 7.91. The lowest BCUT2D eigenvalue weighted by molar-refractivity contribution is 0.135. The molecular weight excluding hydrogens is 274 g/mol. The van der Waals surface area contributed by atoms with Crippen LogP contribution in [0.2, 0.25) is 0 Å². The van der Waals surface area contributed by atoms with E-state index in [2.05, 4.69) is 14.7 Å². The molecule has 0 amide bonds. The number of nitrogens with zero attached hydrogens (tertiary/aromatic N) is 3. The van der Waals surface area contributed by atoms with Crippen molar-refractivity contribution in [3.63, 3.8) is 0 Å². The first-order valence-electron chi connectivity index (χ1n) is 5.57. The molecular formula is C9H17N5O2S2. The number of nitrogen functional groups attached to an aromatic ring is 1. The summed E-state index contributed by atoms with van der Waals surface area (Å²) in [6.45, 7) is 4.66. The normalized spacial score (nSPS) is 19.2. The van der Waals surface area contributed by atoms with Gasteiger partial charge in [-0.05, 0) is 14.0 Å². The molecule has 0 saturated carbocycles. The van der Waals surface area contributed by atoms with Gasteiger partial charge in [0.25, 0.3) is 10.0 Å². The molecule has 102 valence electrons. The highest BCUT2D eigenvalue weighted by Gasteiger charge is 2.25. The molecule has 18 heavy (non-hydrogen) atoms. The van der Waals surface area contributed by atoms with E-state index >= 15 is 0 Å². The van der Waals surface area contributed by atoms with Crippen LogP contribution in [0.4, 0.5) is 5.13 Å². The summed E-state index contributed by atoms with van der Waals surface area (Å²) in [7, 11) is -1.54. The van der Waals surface area contributed by atoms with Crippen LogP contribution in [0.25, 0.3) is 0 Å². The number of hydrazine groups is 1. The Morgan fingerprint density at radius 2 is 1.94 bits per heavy atom. The average Bonchev–Trinajstić information content (AvgIpc) is 2.62. The van der Waals surface area contributed by atoms with Crippen molar-refractivity contribution in [1.82, 2.24) is 19.7 Å². The molecule has 1 aromatic heterocycles. The molecule has 9 heteroatoms. The molecule has 0 aliphatic carbocycles. The van der Waals surface area contributed by atoms with Crippen LogP contribution in [0.5, 0.6) is 0 Å². The fraction of sp³-hybridized carbons (Fsp3) is 0.667. The quantitative estimate of drug-likeness (QED) is 0.778. The number of aromatic nitrogens is 1. The van der Waals surface area contributed by atoms with Crippen LogP contribution in [0.3, 0.4) is 0 Å². The molecule has 1 aromatic rings. The molecule has 1 saturated heterocycles. The maximum absolute atomic E-state index is 12.2. The van der Waals surface area contributed by atoms with Crippen LogP contribution in [-0.2, 0) is 10.0 Å². The van der Waals surface area contributed by atoms with Crippen LogP contribution >= 0.6 is 11.3 Å². The average molecular weight is 291 g/mol. The molecule has 0 aromatic carbocycles. The Bertz CT molecular complexity index is 519. The molecule has 2 heterocycles. The van der Waals surface area contributed by atoms with Crippen molar-refractivity contribution < 1.29 is 8.42 Å². The largest absolute Gasteiger partial charge is 0.375 e. The molecule has 1 aliphatic heterocycles. The number of thiazole rings is 1. The van der Waals surface area contributed by atoms with Crippen LogP contribution in [-0.4, -0.2) is 56.5 Å². The number of rotatable bonds is 3. The second-order valence-corrected chi connectivity index (χ2v) is 7.20. The summed E-state index contributed by atoms with van der Waals surface area (Å²) in [4.78, 5) is 8.67. The number of aryl methyl sites for hydroxylation is 1. The minimum absolute atomic E-state index is 0.193. The second-order valence-electron chi connectivity index (χ2n) is 4.31. The Morgan fingerprint density at radius 1 is 1.33 bits per heavy atom. The fourth-order valence-electron chi connectivity index (χ4n) is 1.76. The fourth-order valence-corrected chi connectivity index (χ4v) is 4.17. The van der Waals surface area contributed by atoms with Gasteiger partial charge in [0.05, 0.1) is 5.69 Å². The first kappa shape index (κ1) is 13.7. The van der Waals surface area contributed by atoms with E-state index in [-0.39, 0.29) is 9.34 Å². The minimum atomic E-state index is -3.55. The maximum atomic E-state index is 12.2. The van der Waals surface area contributed by atoms with Gasteiger partial charge in [-0.1, -0.05) is 11.3 Å². The van der Waals surface area contributed by atoms with E-state index in [1.165, 1.54) is 0 Å². The maximum Gasteiger partial charge on any atom is 0.264 e. The third-order valence-electron chi connectivity index (χ3n) is 2.77. The number of nitrogens with two attached hydrogens (primary N) is 1. The van der Waals surface area contributed by atoms with Crippen LogP contribution in [0, 0.1) is 6.92 Å². The molecule has 0 unspecified atom stereocenters. The van der Waals surface area contributed by atoms with Crippen LogP contribution in [0.15, 0.2) is 4.21 Å². The van der Waals surface area contributed by atoms with Crippen molar-refractivity contribution in [3.8, 4) is 0 Å². The topological polar surface area (TPSA) is 91.6 Å². The third-order valence-corrected chi connectivity index (χ3v) is 5.74. The summed E-state index contributed by atoms with van der Waals surface area (Å²) in [5.41, 5.74) is 5.97. The number of nitrogens with one attached hydrogen (secondary N) is 1. The zero-order chi connectivity index (χ0) is 13.3. The lowest BCUT2D eigenvalue weighted by Gasteiger charge is -2.31. The van der Waals surface area contributed by atoms with E-state index in [9.17, 15) is 8.42 Å². The van der Waals surface area contributed by atoms with E-state index in [1.807, 2.05) is 7.05 Å². The summed E-state index contributed by atoms with van der Waals surface area (Å²) < 4.78 is 24.5. The van der Waals surface area contributed by atoms with Crippen molar-refractivity contribution in [3.05, 3.63) is 5.69 Å². The van der Waals surface area contributed by atoms with Gasteiger partial charge < -0.3 is 10.6 Å². The third kappa shape index (κ3) is 2.98. The summed E-state index contributed by atoms with van der Waals surface area (Å²) in [6.07, 6.45) is 0. The number of piperazine rings is 1. The summed E-state index contributed by atoms with van der Waals surface area (Å²) in [6, 6.07) is 0. The molecule has 1 fully saturated rings. The van der Waals surface area contributed by atoms with Gasteiger partial charge in [0.15, 0.2) is 9.34 Å². The van der Waals surface area contributed by atoms with E-state index in [1.54, 1.807) is 11.9 Å². The monoisotopic (exact) mass is 291 g/mol. The zero-order valence-electron chi connectivity index (χ0n) is 10.4. The first-order valence-corrected chi connectivity index (χ1v) is 7.87. The Balaban J connectivity index is 2.10. The van der Waals surface area contributed by atoms with Crippen LogP contribution < -0.4 is 10.6 Å². The van der Waals surface area contributed by atoms with E-state index in [0.717, 1.165) is 24.4 Å². The minimum Gasteiger partial charge on any atom is -0.375 e. The molecule has 3 N–H and O–H groups in total. The molecule has 0 atom stereocenters. The summed E-state index contributed by atoms with van der Waals surface area (Å²) >= 11 is 0.990. The van der Waals surface area contributed by atoms with Gasteiger partial charge in [0, 0.05) is 26.2 Å². The standard InChI is InChI=1S/C9H17N5O2S2/c1-7-8(17-9(10)11-7)18(15,16)12-14-5-3-13(2)4-6-14/h12H,3-6H2,1-2H3,(H2,10,11). The number of hydrogen-bond acceptors (Lipinski definition) is 7. The highest BCUT2D eigenvalue weighted by Crippen LogP contribution is 2.24. The Morgan fingerprint density at radius 3 is 2.44 bits per heavy atom. The van der Waals surface area contributed by atoms with Gasteiger partial charge in [-0.2, -0.15) is 0 Å². The molecule has 1 aliphatic rings. The van der Waals surface area contributed by atoms with Gasteiger partial charge in [-0.15, -0.1) is 4.83 Å². The van der Waals surface area contributed by atoms with Gasteiger partial charge in [0.2, 0.25) is 0 Å². The Kier molecular flexibility index (Phi) is 3.87. The molecule has 0 bridgehead atoms. The van der Waals surface area contributed by atoms with Gasteiger partial charge in [-0.3, -0.25) is 0 Å². The van der Waals surface area contributed by atoms with Gasteiger partial charge in [-0.25, -0.2) is 18.4 Å². The lowest BCUT2D eigenvalue weighted by Crippen LogP contribution is -2.52. The van der Waals surface area contributed by atoms with Crippen molar-refractivity contribution in [2.45, 2.75) is 11.1 Å². The lowest BCUT2D eigenvalue weighted by atomic mass is 10.4. The number of likely N-dealkylation sites (N-methyl/N-ethyl adjacent to an activating group) is 1. The van der Waals surface area contributed by atoms with Crippen molar-refractivity contribution >= 4 is 26.5 Å². The van der Waals surface area contributed by atoms with Crippen molar-refractivity contribution in [2.24, 2.45) is 0 Å². The molecule has 7 nitrogen and oxygen atoms in total. The molecule has 2 rings (SSSR count). The van der Waals surface area contributed by atoms with Gasteiger partial charge >= 0.3 is 0 Å². The van der Waals surface area contributed by atoms with E-state index in [4.69, 9.17) is 5.73 Å². The molecule has 0 spiro atoms. The van der Waals surface area contributed by atoms with E-state index < -0.39 is 10.0 Å². The second kappa shape index (κ2) is 5.10. The number of hydrogen-bond donors (Lipinski definition) is 2. The zero-order valence-corrected chi connectivity index (χ0v) is 12.0.